The fourth-order valence-corrected chi connectivity index (χ4v) is 4.90. The molecule has 1 saturated carbocycles. The minimum absolute atomic E-state index is 0.143. The summed E-state index contributed by atoms with van der Waals surface area (Å²) in [6, 6.07) is 12.9. The van der Waals surface area contributed by atoms with Crippen LogP contribution in [0.1, 0.15) is 40.0 Å². The third-order valence-electron chi connectivity index (χ3n) is 5.56. The topological polar surface area (TPSA) is 68.7 Å². The highest BCUT2D eigenvalue weighted by molar-refractivity contribution is 7.11. The zero-order valence-corrected chi connectivity index (χ0v) is 17.0. The summed E-state index contributed by atoms with van der Waals surface area (Å²) in [5, 5.41) is 11.8. The molecule has 2 aromatic carbocycles. The van der Waals surface area contributed by atoms with E-state index in [-0.39, 0.29) is 19.0 Å². The minimum atomic E-state index is -0.853. The Balaban J connectivity index is 1.33. The molecule has 1 unspecified atom stereocenters. The van der Waals surface area contributed by atoms with Crippen molar-refractivity contribution < 1.29 is 19.4 Å². The Bertz CT molecular complexity index is 1090. The fourth-order valence-electron chi connectivity index (χ4n) is 3.74. The van der Waals surface area contributed by atoms with E-state index in [1.165, 1.54) is 11.3 Å². The second-order valence-corrected chi connectivity index (χ2v) is 8.88. The van der Waals surface area contributed by atoms with Crippen molar-refractivity contribution in [2.45, 2.75) is 30.8 Å². The van der Waals surface area contributed by atoms with Crippen molar-refractivity contribution in [2.75, 3.05) is 6.79 Å². The van der Waals surface area contributed by atoms with Gasteiger partial charge in [-0.3, -0.25) is 4.79 Å². The lowest BCUT2D eigenvalue weighted by molar-refractivity contribution is -0.120. The molecular formula is C22H18ClNO4S. The first-order valence-electron chi connectivity index (χ1n) is 9.37. The van der Waals surface area contributed by atoms with Crippen LogP contribution in [0.5, 0.6) is 11.5 Å². The number of ether oxygens (including phenoxy) is 2. The average molecular weight is 428 g/mol. The maximum atomic E-state index is 13.1. The summed E-state index contributed by atoms with van der Waals surface area (Å²) in [7, 11) is 0. The number of nitrogens with zero attached hydrogens (tertiary/aromatic N) is 1. The number of benzene rings is 2. The molecule has 0 radical (unpaired) electrons. The molecule has 1 aliphatic carbocycles. The third kappa shape index (κ3) is 3.31. The van der Waals surface area contributed by atoms with Crippen LogP contribution in [-0.4, -0.2) is 22.7 Å². The number of rotatable bonds is 6. The van der Waals surface area contributed by atoms with Gasteiger partial charge >= 0.3 is 0 Å². The summed E-state index contributed by atoms with van der Waals surface area (Å²) in [5.74, 6) is 1.56. The lowest BCUT2D eigenvalue weighted by Gasteiger charge is -2.14. The molecule has 2 aliphatic rings. The molecule has 5 nitrogen and oxygen atoms in total. The van der Waals surface area contributed by atoms with Gasteiger partial charge in [0.1, 0.15) is 16.9 Å². The van der Waals surface area contributed by atoms with Crippen molar-refractivity contribution in [2.24, 2.45) is 0 Å². The average Bonchev–Trinajstić information content (AvgIpc) is 3.18. The number of Topliss-reactive ketones (excluding diaryl/α,β-unsaturated/α-hetero) is 1. The van der Waals surface area contributed by atoms with Gasteiger partial charge in [0, 0.05) is 16.8 Å². The zero-order chi connectivity index (χ0) is 20.0. The lowest BCUT2D eigenvalue weighted by Crippen LogP contribution is -2.22. The minimum Gasteiger partial charge on any atom is -0.454 e. The second-order valence-electron chi connectivity index (χ2n) is 7.33. The molecule has 7 heteroatoms. The molecule has 0 spiro atoms. The summed E-state index contributed by atoms with van der Waals surface area (Å²) < 4.78 is 10.8. The Labute approximate surface area is 176 Å². The number of thiazole rings is 1. The highest BCUT2D eigenvalue weighted by atomic mass is 35.5. The van der Waals surface area contributed by atoms with E-state index in [2.05, 4.69) is 4.98 Å². The Morgan fingerprint density at radius 3 is 2.79 bits per heavy atom. The standard InChI is InChI=1S/C22H18ClNO4S/c23-15-4-2-1-3-14(15)21(26)18-11-24-20(29-18)10-19(25)22(7-8-22)13-5-6-16-17(9-13)28-12-27-16/h1-6,9,11,21,26H,7-8,10,12H2. The number of hydrogen-bond acceptors (Lipinski definition) is 6. The van der Waals surface area contributed by atoms with Gasteiger partial charge < -0.3 is 14.6 Å². The predicted octanol–water partition coefficient (Wildman–Crippen LogP) is 4.45. The third-order valence-corrected chi connectivity index (χ3v) is 6.96. The maximum absolute atomic E-state index is 13.1. The van der Waals surface area contributed by atoms with Gasteiger partial charge in [-0.25, -0.2) is 4.98 Å². The molecule has 29 heavy (non-hydrogen) atoms. The first-order chi connectivity index (χ1) is 14.1. The van der Waals surface area contributed by atoms with Crippen LogP contribution in [0.25, 0.3) is 0 Å². The summed E-state index contributed by atoms with van der Waals surface area (Å²) >= 11 is 7.53. The number of ketones is 1. The van der Waals surface area contributed by atoms with Crippen molar-refractivity contribution in [3.8, 4) is 11.5 Å². The van der Waals surface area contributed by atoms with E-state index >= 15 is 0 Å². The summed E-state index contributed by atoms with van der Waals surface area (Å²) in [4.78, 5) is 18.2. The van der Waals surface area contributed by atoms with E-state index in [1.807, 2.05) is 30.3 Å². The zero-order valence-electron chi connectivity index (χ0n) is 15.4. The monoisotopic (exact) mass is 427 g/mol. The Morgan fingerprint density at radius 1 is 1.21 bits per heavy atom. The summed E-state index contributed by atoms with van der Waals surface area (Å²) in [5.41, 5.74) is 1.14. The van der Waals surface area contributed by atoms with Crippen molar-refractivity contribution in [3.63, 3.8) is 0 Å². The molecule has 1 aromatic heterocycles. The number of aliphatic hydroxyl groups excluding tert-OH is 1. The quantitative estimate of drug-likeness (QED) is 0.629. The van der Waals surface area contributed by atoms with Gasteiger partial charge in [0.25, 0.3) is 0 Å². The SMILES string of the molecule is O=C(Cc1ncc(C(O)c2ccccc2Cl)s1)C1(c2ccc3c(c2)OCO3)CC1. The van der Waals surface area contributed by atoms with E-state index in [4.69, 9.17) is 21.1 Å². The van der Waals surface area contributed by atoms with Crippen LogP contribution >= 0.6 is 22.9 Å². The van der Waals surface area contributed by atoms with E-state index in [1.54, 1.807) is 18.3 Å². The molecule has 5 rings (SSSR count). The van der Waals surface area contributed by atoms with E-state index in [0.29, 0.717) is 26.2 Å². The molecule has 1 N–H and O–H groups in total. The van der Waals surface area contributed by atoms with Crippen LogP contribution in [0.15, 0.2) is 48.7 Å². The highest BCUT2D eigenvalue weighted by Crippen LogP contribution is 2.51. The van der Waals surface area contributed by atoms with Crippen molar-refractivity contribution in [3.05, 3.63) is 74.7 Å². The number of hydrogen-bond donors (Lipinski definition) is 1. The van der Waals surface area contributed by atoms with Crippen LogP contribution in [0, 0.1) is 0 Å². The van der Waals surface area contributed by atoms with Gasteiger partial charge in [-0.05, 0) is 36.6 Å². The molecule has 0 bridgehead atoms. The van der Waals surface area contributed by atoms with Crippen LogP contribution in [0.2, 0.25) is 5.02 Å². The van der Waals surface area contributed by atoms with Gasteiger partial charge in [0.15, 0.2) is 11.5 Å². The van der Waals surface area contributed by atoms with Crippen LogP contribution < -0.4 is 9.47 Å². The number of aliphatic hydroxyl groups is 1. The van der Waals surface area contributed by atoms with E-state index in [0.717, 1.165) is 24.2 Å². The normalized spacial score (nSPS) is 17.2. The lowest BCUT2D eigenvalue weighted by atomic mass is 9.89. The molecule has 0 amide bonds. The largest absolute Gasteiger partial charge is 0.454 e. The first-order valence-corrected chi connectivity index (χ1v) is 10.6. The van der Waals surface area contributed by atoms with Crippen LogP contribution in [-0.2, 0) is 16.6 Å². The summed E-state index contributed by atoms with van der Waals surface area (Å²) in [6.45, 7) is 0.218. The molecule has 1 fully saturated rings. The molecule has 1 aliphatic heterocycles. The molecular weight excluding hydrogens is 410 g/mol. The number of carbonyl (C=O) groups excluding carboxylic acids is 1. The number of carbonyl (C=O) groups is 1. The van der Waals surface area contributed by atoms with E-state index < -0.39 is 11.5 Å². The van der Waals surface area contributed by atoms with Gasteiger partial charge in [0.2, 0.25) is 6.79 Å². The maximum Gasteiger partial charge on any atom is 0.231 e. The molecule has 2 heterocycles. The van der Waals surface area contributed by atoms with Crippen LogP contribution in [0.4, 0.5) is 0 Å². The Hall–Kier alpha value is -2.41. The van der Waals surface area contributed by atoms with E-state index in [9.17, 15) is 9.90 Å². The van der Waals surface area contributed by atoms with Crippen molar-refractivity contribution in [1.29, 1.82) is 0 Å². The fraction of sp³-hybridized carbons (Fsp3) is 0.273. The van der Waals surface area contributed by atoms with Gasteiger partial charge in [0.05, 0.1) is 16.7 Å². The Morgan fingerprint density at radius 2 is 2.00 bits per heavy atom. The summed E-state index contributed by atoms with van der Waals surface area (Å²) in [6.07, 6.45) is 2.67. The predicted molar refractivity (Wildman–Crippen MR) is 110 cm³/mol. The Kier molecular flexibility index (Phi) is 4.57. The second kappa shape index (κ2) is 7.13. The van der Waals surface area contributed by atoms with Crippen molar-refractivity contribution in [1.82, 2.24) is 4.98 Å². The number of fused-ring (bicyclic) bond motifs is 1. The number of aromatic nitrogens is 1. The number of halogens is 1. The van der Waals surface area contributed by atoms with Gasteiger partial charge in [-0.1, -0.05) is 35.9 Å². The van der Waals surface area contributed by atoms with Gasteiger partial charge in [-0.2, -0.15) is 0 Å². The smallest absolute Gasteiger partial charge is 0.231 e. The van der Waals surface area contributed by atoms with Gasteiger partial charge in [-0.15, -0.1) is 11.3 Å². The highest BCUT2D eigenvalue weighted by Gasteiger charge is 2.51. The molecule has 1 atom stereocenters. The molecule has 0 saturated heterocycles. The first kappa shape index (κ1) is 18.6. The molecule has 148 valence electrons. The van der Waals surface area contributed by atoms with Crippen LogP contribution in [0.3, 0.4) is 0 Å². The molecule has 3 aromatic rings. The van der Waals surface area contributed by atoms with Crippen molar-refractivity contribution >= 4 is 28.7 Å².